The molecule has 0 aliphatic carbocycles. The first-order chi connectivity index (χ1) is 22.5. The molecule has 47 heavy (non-hydrogen) atoms. The highest BCUT2D eigenvalue weighted by molar-refractivity contribution is 6.07. The van der Waals surface area contributed by atoms with E-state index in [2.05, 4.69) is 15.8 Å². The molecule has 13 heteroatoms. The molecule has 0 bridgehead atoms. The van der Waals surface area contributed by atoms with E-state index >= 15 is 0 Å². The monoisotopic (exact) mass is 643 g/mol. The van der Waals surface area contributed by atoms with E-state index in [1.807, 2.05) is 56.3 Å². The number of anilines is 3. The second kappa shape index (κ2) is 12.4. The van der Waals surface area contributed by atoms with Crippen molar-refractivity contribution in [2.45, 2.75) is 25.1 Å². The average Bonchev–Trinajstić information content (AvgIpc) is 3.61. The third-order valence-corrected chi connectivity index (χ3v) is 8.10. The van der Waals surface area contributed by atoms with Gasteiger partial charge in [-0.15, -0.1) is 0 Å². The fraction of sp³-hybridized carbons (Fsp3) is 0.235. The van der Waals surface area contributed by atoms with Crippen LogP contribution < -0.4 is 20.7 Å². The summed E-state index contributed by atoms with van der Waals surface area (Å²) in [5, 5.41) is 8.92. The molecule has 2 unspecified atom stereocenters. The minimum Gasteiger partial charge on any atom is -0.323 e. The molecular weight excluding hydrogens is 611 g/mol. The maximum Gasteiger partial charge on any atom is 0.416 e. The minimum atomic E-state index is -4.64. The van der Waals surface area contributed by atoms with Gasteiger partial charge in [-0.05, 0) is 75.1 Å². The van der Waals surface area contributed by atoms with Crippen molar-refractivity contribution in [2.75, 3.05) is 42.4 Å². The zero-order valence-corrected chi connectivity index (χ0v) is 25.8. The molecule has 2 N–H and O–H groups in total. The van der Waals surface area contributed by atoms with E-state index in [0.29, 0.717) is 41.4 Å². The number of aromatic nitrogens is 2. The van der Waals surface area contributed by atoms with Gasteiger partial charge in [-0.1, -0.05) is 30.3 Å². The Morgan fingerprint density at radius 2 is 1.77 bits per heavy atom. The largest absolute Gasteiger partial charge is 0.416 e. The number of hydrogen-bond acceptors (Lipinski definition) is 6. The lowest BCUT2D eigenvalue weighted by Crippen LogP contribution is -2.57. The number of rotatable bonds is 8. The van der Waals surface area contributed by atoms with E-state index in [1.54, 1.807) is 40.1 Å². The molecule has 0 saturated carbocycles. The van der Waals surface area contributed by atoms with Crippen LogP contribution in [0.3, 0.4) is 0 Å². The van der Waals surface area contributed by atoms with Crippen LogP contribution in [0.15, 0.2) is 91.1 Å². The molecule has 4 aromatic rings. The van der Waals surface area contributed by atoms with Crippen LogP contribution in [0.2, 0.25) is 0 Å². The number of carbonyl (C=O) groups is 3. The minimum absolute atomic E-state index is 0.216. The van der Waals surface area contributed by atoms with Crippen LogP contribution in [0.5, 0.6) is 0 Å². The molecule has 0 spiro atoms. The number of alkyl halides is 3. The standard InChI is InChI=1S/C34H32F3N7O3/c1-4-42-32-26(20-38-43(32)24-12-6-5-7-13-24)29-25-19-23(39-28(45)14-9-17-41(2)3)15-16-27(25)44(30(29)33(42)47)40-31(46)21-10-8-11-22(18-21)34(35,36)37/h5-16,18-20,29-30H,4,17H2,1-3H3,(H,39,45)(H,40,46)/b14-9+. The molecular formula is C34H32F3N7O3. The maximum absolute atomic E-state index is 14.4. The Kier molecular flexibility index (Phi) is 8.32. The lowest BCUT2D eigenvalue weighted by Gasteiger charge is -2.38. The van der Waals surface area contributed by atoms with E-state index in [9.17, 15) is 27.6 Å². The highest BCUT2D eigenvalue weighted by Crippen LogP contribution is 2.51. The number of hydrazine groups is 1. The van der Waals surface area contributed by atoms with Gasteiger partial charge in [-0.25, -0.2) is 4.68 Å². The molecule has 1 aromatic heterocycles. The summed E-state index contributed by atoms with van der Waals surface area (Å²) in [6, 6.07) is 17.5. The van der Waals surface area contributed by atoms with Gasteiger partial charge in [0.2, 0.25) is 5.91 Å². The van der Waals surface area contributed by atoms with Crippen molar-refractivity contribution in [3.63, 3.8) is 0 Å². The Labute approximate surface area is 269 Å². The molecule has 0 saturated heterocycles. The molecule has 3 amide bonds. The number of halogens is 3. The van der Waals surface area contributed by atoms with Crippen molar-refractivity contribution in [3.8, 4) is 5.69 Å². The van der Waals surface area contributed by atoms with E-state index in [0.717, 1.165) is 23.9 Å². The number of benzene rings is 3. The van der Waals surface area contributed by atoms with Crippen LogP contribution in [0.1, 0.15) is 39.9 Å². The van der Waals surface area contributed by atoms with Crippen molar-refractivity contribution >= 4 is 34.9 Å². The van der Waals surface area contributed by atoms with Gasteiger partial charge in [-0.3, -0.25) is 29.7 Å². The van der Waals surface area contributed by atoms with Crippen LogP contribution in [0, 0.1) is 0 Å². The second-order valence-corrected chi connectivity index (χ2v) is 11.5. The van der Waals surface area contributed by atoms with Crippen molar-refractivity contribution < 1.29 is 27.6 Å². The number of carbonyl (C=O) groups excluding carboxylic acids is 3. The zero-order chi connectivity index (χ0) is 33.5. The summed E-state index contributed by atoms with van der Waals surface area (Å²) in [4.78, 5) is 44.0. The molecule has 0 fully saturated rings. The molecule has 2 aliphatic rings. The summed E-state index contributed by atoms with van der Waals surface area (Å²) in [7, 11) is 3.77. The molecule has 3 heterocycles. The van der Waals surface area contributed by atoms with Crippen LogP contribution >= 0.6 is 0 Å². The van der Waals surface area contributed by atoms with Crippen molar-refractivity contribution in [1.82, 2.24) is 20.1 Å². The number of likely N-dealkylation sites (N-methyl/N-ethyl adjacent to an activating group) is 2. The Hall–Kier alpha value is -5.43. The smallest absolute Gasteiger partial charge is 0.323 e. The first-order valence-corrected chi connectivity index (χ1v) is 15.0. The number of hydrogen-bond donors (Lipinski definition) is 2. The number of fused-ring (bicyclic) bond motifs is 5. The summed E-state index contributed by atoms with van der Waals surface area (Å²) >= 11 is 0. The zero-order valence-electron chi connectivity index (χ0n) is 25.8. The summed E-state index contributed by atoms with van der Waals surface area (Å²) < 4.78 is 42.0. The third kappa shape index (κ3) is 5.97. The fourth-order valence-electron chi connectivity index (χ4n) is 6.03. The van der Waals surface area contributed by atoms with Gasteiger partial charge in [0.1, 0.15) is 11.9 Å². The van der Waals surface area contributed by atoms with Gasteiger partial charge in [0.05, 0.1) is 23.1 Å². The second-order valence-electron chi connectivity index (χ2n) is 11.5. The van der Waals surface area contributed by atoms with Gasteiger partial charge >= 0.3 is 6.18 Å². The highest BCUT2D eigenvalue weighted by Gasteiger charge is 2.52. The lowest BCUT2D eigenvalue weighted by molar-refractivity contribution is -0.137. The van der Waals surface area contributed by atoms with E-state index in [1.165, 1.54) is 17.2 Å². The number of nitrogens with zero attached hydrogens (tertiary/aromatic N) is 5. The average molecular weight is 644 g/mol. The number of para-hydroxylation sites is 1. The Morgan fingerprint density at radius 3 is 2.47 bits per heavy atom. The number of nitrogens with one attached hydrogen (secondary N) is 2. The van der Waals surface area contributed by atoms with Crippen LogP contribution in [-0.4, -0.2) is 65.6 Å². The van der Waals surface area contributed by atoms with E-state index in [4.69, 9.17) is 0 Å². The van der Waals surface area contributed by atoms with E-state index in [-0.39, 0.29) is 17.4 Å². The Balaban J connectivity index is 1.43. The SMILES string of the molecule is CCN1C(=O)C2C(c3cc(NC(=O)/C=C/CN(C)C)ccc3N2NC(=O)c2cccc(C(F)(F)F)c2)c2cnn(-c3ccccc3)c21. The quantitative estimate of drug-likeness (QED) is 0.263. The molecule has 242 valence electrons. The van der Waals surface area contributed by atoms with Crippen LogP contribution in [-0.2, 0) is 15.8 Å². The van der Waals surface area contributed by atoms with Gasteiger partial charge in [0.15, 0.2) is 0 Å². The molecule has 10 nitrogen and oxygen atoms in total. The van der Waals surface area contributed by atoms with Crippen LogP contribution in [0.25, 0.3) is 5.69 Å². The predicted octanol–water partition coefficient (Wildman–Crippen LogP) is 4.98. The highest BCUT2D eigenvalue weighted by atomic mass is 19.4. The van der Waals surface area contributed by atoms with E-state index < -0.39 is 29.6 Å². The molecule has 6 rings (SSSR count). The van der Waals surface area contributed by atoms with Gasteiger partial charge < -0.3 is 10.2 Å². The van der Waals surface area contributed by atoms with Crippen LogP contribution in [0.4, 0.5) is 30.4 Å². The summed E-state index contributed by atoms with van der Waals surface area (Å²) in [6.07, 6.45) is 0.211. The molecule has 0 radical (unpaired) electrons. The Morgan fingerprint density at radius 1 is 1.00 bits per heavy atom. The van der Waals surface area contributed by atoms with Crippen molar-refractivity contribution in [3.05, 3.63) is 113 Å². The summed E-state index contributed by atoms with van der Waals surface area (Å²) in [5.41, 5.74) is 4.57. The normalized spacial score (nSPS) is 17.1. The molecule has 2 atom stereocenters. The fourth-order valence-corrected chi connectivity index (χ4v) is 6.03. The summed E-state index contributed by atoms with van der Waals surface area (Å²) in [6.45, 7) is 2.70. The first-order valence-electron chi connectivity index (χ1n) is 15.0. The molecule has 2 aliphatic heterocycles. The number of amides is 3. The topological polar surface area (TPSA) is 103 Å². The predicted molar refractivity (Wildman–Crippen MR) is 171 cm³/mol. The lowest BCUT2D eigenvalue weighted by atomic mass is 9.85. The van der Waals surface area contributed by atoms with Crippen molar-refractivity contribution in [2.24, 2.45) is 0 Å². The maximum atomic E-state index is 14.4. The molecule has 3 aromatic carbocycles. The summed E-state index contributed by atoms with van der Waals surface area (Å²) in [5.74, 6) is -1.54. The van der Waals surface area contributed by atoms with Gasteiger partial charge in [-0.2, -0.15) is 18.3 Å². The first kappa shape index (κ1) is 31.5. The van der Waals surface area contributed by atoms with Gasteiger partial charge in [0.25, 0.3) is 11.8 Å². The van der Waals surface area contributed by atoms with Crippen molar-refractivity contribution in [1.29, 1.82) is 0 Å². The third-order valence-electron chi connectivity index (χ3n) is 8.10. The Bertz CT molecular complexity index is 1870. The van der Waals surface area contributed by atoms with Gasteiger partial charge in [0, 0.05) is 41.9 Å².